The second-order valence-corrected chi connectivity index (χ2v) is 16.4. The van der Waals surface area contributed by atoms with Crippen molar-refractivity contribution in [3.8, 4) is 0 Å². The smallest absolute Gasteiger partial charge is 0.268 e. The number of hydrogen-bond donors (Lipinski definition) is 2. The monoisotopic (exact) mass is 751 g/mol. The maximum absolute atomic E-state index is 12.8. The van der Waals surface area contributed by atoms with Crippen LogP contribution in [-0.4, -0.2) is 68.5 Å². The average Bonchev–Trinajstić information content (AvgIpc) is 3.09. The van der Waals surface area contributed by atoms with Gasteiger partial charge in [0.05, 0.1) is 39.9 Å². The molecule has 0 aliphatic rings. The Morgan fingerprint density at radius 1 is 0.673 bits per heavy atom. The van der Waals surface area contributed by atoms with E-state index < -0.39 is 26.6 Å². The second kappa shape index (κ2) is 34.9. The predicted molar refractivity (Wildman–Crippen MR) is 219 cm³/mol. The minimum Gasteiger partial charge on any atom is -0.756 e. The van der Waals surface area contributed by atoms with E-state index in [4.69, 9.17) is 9.05 Å². The van der Waals surface area contributed by atoms with Crippen molar-refractivity contribution in [3.63, 3.8) is 0 Å². The van der Waals surface area contributed by atoms with Crippen LogP contribution in [-0.2, 0) is 18.4 Å². The molecule has 52 heavy (non-hydrogen) atoms. The fourth-order valence-electron chi connectivity index (χ4n) is 5.34. The number of likely N-dealkylation sites (N-methyl/N-ethyl adjacent to an activating group) is 1. The standard InChI is InChI=1S/C43H79N2O6P/c1-6-8-10-12-14-16-18-20-21-22-23-25-26-28-30-32-34-36-42(46)41(40-51-52(48,49)50-39-38-45(3,4)5)44-43(47)37-35-33-31-29-27-24-19-17-15-13-11-9-7-2/h11,13,17,19,21-22,26,28,34,36,41-42,46H,6-10,12,14-16,18,20,23-25,27,29-33,35,37-40H2,1-5H3,(H-,44,47,48,49)/b13-11-,19-17-,22-21+,28-26+,36-34+. The average molecular weight is 751 g/mol. The highest BCUT2D eigenvalue weighted by atomic mass is 31.2. The van der Waals surface area contributed by atoms with Crippen molar-refractivity contribution in [2.24, 2.45) is 0 Å². The van der Waals surface area contributed by atoms with Gasteiger partial charge in [-0.25, -0.2) is 0 Å². The lowest BCUT2D eigenvalue weighted by molar-refractivity contribution is -0.870. The number of quaternary nitrogens is 1. The highest BCUT2D eigenvalue weighted by molar-refractivity contribution is 7.45. The molecule has 3 atom stereocenters. The highest BCUT2D eigenvalue weighted by Gasteiger charge is 2.23. The summed E-state index contributed by atoms with van der Waals surface area (Å²) < 4.78 is 23.1. The van der Waals surface area contributed by atoms with Crippen LogP contribution < -0.4 is 10.2 Å². The zero-order chi connectivity index (χ0) is 38.6. The third kappa shape index (κ3) is 36.6. The van der Waals surface area contributed by atoms with Crippen molar-refractivity contribution in [1.29, 1.82) is 0 Å². The van der Waals surface area contributed by atoms with Gasteiger partial charge in [0.1, 0.15) is 13.2 Å². The van der Waals surface area contributed by atoms with E-state index in [-0.39, 0.29) is 12.5 Å². The molecule has 1 amide bonds. The molecule has 0 aromatic heterocycles. The maximum atomic E-state index is 12.8. The zero-order valence-corrected chi connectivity index (χ0v) is 34.9. The molecule has 0 bridgehead atoms. The summed E-state index contributed by atoms with van der Waals surface area (Å²) >= 11 is 0. The molecular formula is C43H79N2O6P. The van der Waals surface area contributed by atoms with Crippen LogP contribution in [0.1, 0.15) is 155 Å². The molecule has 8 nitrogen and oxygen atoms in total. The number of amides is 1. The fourth-order valence-corrected chi connectivity index (χ4v) is 6.06. The predicted octanol–water partition coefficient (Wildman–Crippen LogP) is 10.4. The van der Waals surface area contributed by atoms with Crippen LogP contribution in [0.15, 0.2) is 60.8 Å². The minimum absolute atomic E-state index is 0.0144. The summed E-state index contributed by atoms with van der Waals surface area (Å²) in [5, 5.41) is 13.7. The number of nitrogens with zero attached hydrogens (tertiary/aromatic N) is 1. The number of phosphoric ester groups is 1. The number of nitrogens with one attached hydrogen (secondary N) is 1. The topological polar surface area (TPSA) is 108 Å². The van der Waals surface area contributed by atoms with E-state index in [1.807, 2.05) is 27.2 Å². The molecular weight excluding hydrogens is 671 g/mol. The largest absolute Gasteiger partial charge is 0.756 e. The van der Waals surface area contributed by atoms with E-state index in [1.165, 1.54) is 57.8 Å². The third-order valence-electron chi connectivity index (χ3n) is 8.66. The van der Waals surface area contributed by atoms with Gasteiger partial charge in [0, 0.05) is 6.42 Å². The van der Waals surface area contributed by atoms with Gasteiger partial charge in [0.15, 0.2) is 0 Å². The van der Waals surface area contributed by atoms with Crippen molar-refractivity contribution >= 4 is 13.7 Å². The zero-order valence-electron chi connectivity index (χ0n) is 34.0. The van der Waals surface area contributed by atoms with Crippen molar-refractivity contribution in [2.75, 3.05) is 40.9 Å². The molecule has 0 spiro atoms. The van der Waals surface area contributed by atoms with Crippen LogP contribution >= 0.6 is 7.82 Å². The van der Waals surface area contributed by atoms with E-state index >= 15 is 0 Å². The minimum atomic E-state index is -4.60. The van der Waals surface area contributed by atoms with E-state index in [0.717, 1.165) is 77.0 Å². The number of rotatable bonds is 36. The maximum Gasteiger partial charge on any atom is 0.268 e. The first-order chi connectivity index (χ1) is 25.0. The van der Waals surface area contributed by atoms with E-state index in [9.17, 15) is 19.4 Å². The Balaban J connectivity index is 4.60. The molecule has 0 rings (SSSR count). The Hall–Kier alpha value is -1.80. The van der Waals surface area contributed by atoms with Crippen LogP contribution in [0.2, 0.25) is 0 Å². The van der Waals surface area contributed by atoms with Gasteiger partial charge < -0.3 is 28.8 Å². The number of phosphoric acid groups is 1. The van der Waals surface area contributed by atoms with Crippen molar-refractivity contribution in [2.45, 2.75) is 167 Å². The number of aliphatic hydroxyl groups excluding tert-OH is 1. The van der Waals surface area contributed by atoms with Crippen LogP contribution in [0, 0.1) is 0 Å². The number of carbonyl (C=O) groups excluding carboxylic acids is 1. The molecule has 0 aromatic rings. The lowest BCUT2D eigenvalue weighted by Gasteiger charge is -2.29. The van der Waals surface area contributed by atoms with Crippen LogP contribution in [0.25, 0.3) is 0 Å². The SMILES string of the molecule is CCC/C=C\C/C=C\CCCCCCCC(=O)NC(COP(=O)([O-])OCC[N+](C)(C)C)C(O)/C=C/CC/C=C/CC/C=C/CCCCCCCCC. The lowest BCUT2D eigenvalue weighted by Crippen LogP contribution is -2.45. The first kappa shape index (κ1) is 50.2. The quantitative estimate of drug-likeness (QED) is 0.0286. The van der Waals surface area contributed by atoms with Crippen LogP contribution in [0.5, 0.6) is 0 Å². The molecule has 0 fully saturated rings. The molecule has 0 saturated carbocycles. The Kier molecular flexibility index (Phi) is 33.7. The normalized spacial score (nSPS) is 15.1. The summed E-state index contributed by atoms with van der Waals surface area (Å²) in [6, 6.07) is -0.917. The number of aliphatic hydroxyl groups is 1. The van der Waals surface area contributed by atoms with Gasteiger partial charge >= 0.3 is 0 Å². The number of hydrogen-bond acceptors (Lipinski definition) is 6. The molecule has 0 radical (unpaired) electrons. The van der Waals surface area contributed by atoms with E-state index in [1.54, 1.807) is 6.08 Å². The molecule has 302 valence electrons. The first-order valence-corrected chi connectivity index (χ1v) is 22.1. The van der Waals surface area contributed by atoms with E-state index in [2.05, 4.69) is 67.8 Å². The number of allylic oxidation sites excluding steroid dienone is 9. The van der Waals surface area contributed by atoms with Crippen molar-refractivity contribution < 1.29 is 32.9 Å². The highest BCUT2D eigenvalue weighted by Crippen LogP contribution is 2.38. The van der Waals surface area contributed by atoms with Crippen molar-refractivity contribution in [3.05, 3.63) is 60.8 Å². The number of carbonyl (C=O) groups is 1. The Labute approximate surface area is 320 Å². The molecule has 3 unspecified atom stereocenters. The second-order valence-electron chi connectivity index (χ2n) is 15.0. The molecule has 0 aromatic carbocycles. The third-order valence-corrected chi connectivity index (χ3v) is 9.62. The van der Waals surface area contributed by atoms with Gasteiger partial charge in [-0.15, -0.1) is 0 Å². The molecule has 0 aliphatic carbocycles. The number of unbranched alkanes of at least 4 members (excludes halogenated alkanes) is 15. The van der Waals surface area contributed by atoms with Gasteiger partial charge in [0.25, 0.3) is 7.82 Å². The molecule has 0 saturated heterocycles. The summed E-state index contributed by atoms with van der Waals surface area (Å²) in [7, 11) is 1.21. The molecule has 2 N–H and O–H groups in total. The van der Waals surface area contributed by atoms with Gasteiger partial charge in [-0.1, -0.05) is 139 Å². The van der Waals surface area contributed by atoms with Gasteiger partial charge in [-0.05, 0) is 70.6 Å². The molecule has 9 heteroatoms. The van der Waals surface area contributed by atoms with E-state index in [0.29, 0.717) is 17.4 Å². The van der Waals surface area contributed by atoms with Gasteiger partial charge in [0.2, 0.25) is 5.91 Å². The first-order valence-electron chi connectivity index (χ1n) is 20.7. The summed E-state index contributed by atoms with van der Waals surface area (Å²) in [4.78, 5) is 25.2. The Bertz CT molecular complexity index is 1030. The Morgan fingerprint density at radius 2 is 1.17 bits per heavy atom. The fraction of sp³-hybridized carbons (Fsp3) is 0.744. The van der Waals surface area contributed by atoms with Gasteiger partial charge in [-0.3, -0.25) is 9.36 Å². The summed E-state index contributed by atoms with van der Waals surface area (Å²) in [6.45, 7) is 4.50. The Morgan fingerprint density at radius 3 is 1.75 bits per heavy atom. The lowest BCUT2D eigenvalue weighted by atomic mass is 10.1. The van der Waals surface area contributed by atoms with Crippen LogP contribution in [0.3, 0.4) is 0 Å². The summed E-state index contributed by atoms with van der Waals surface area (Å²) in [6.07, 6.45) is 44.1. The summed E-state index contributed by atoms with van der Waals surface area (Å²) in [5.41, 5.74) is 0. The van der Waals surface area contributed by atoms with Gasteiger partial charge in [-0.2, -0.15) is 0 Å². The van der Waals surface area contributed by atoms with Crippen LogP contribution in [0.4, 0.5) is 0 Å². The molecule has 0 heterocycles. The molecule has 0 aliphatic heterocycles. The summed E-state index contributed by atoms with van der Waals surface area (Å²) in [5.74, 6) is -0.230. The van der Waals surface area contributed by atoms with Crippen molar-refractivity contribution in [1.82, 2.24) is 5.32 Å².